The standard InChI is InChI=1S/C19H19BrN2O2S/c20-14-5-3-13(4-6-14)12-22-16-7-9-25-18(16)10-17(22)19(23)21-11-15-2-1-8-24-15/h3-7,9-10,15H,1-2,8,11-12H2,(H,21,23). The molecule has 1 aromatic carbocycles. The number of rotatable bonds is 5. The molecule has 1 unspecified atom stereocenters. The van der Waals surface area contributed by atoms with Crippen molar-refractivity contribution in [2.24, 2.45) is 0 Å². The largest absolute Gasteiger partial charge is 0.376 e. The average Bonchev–Trinajstić information content (AvgIpc) is 3.33. The Hall–Kier alpha value is -1.63. The van der Waals surface area contributed by atoms with Crippen LogP contribution in [0.5, 0.6) is 0 Å². The third-order valence-corrected chi connectivity index (χ3v) is 5.91. The van der Waals surface area contributed by atoms with Gasteiger partial charge in [-0.15, -0.1) is 11.3 Å². The Morgan fingerprint density at radius 1 is 1.32 bits per heavy atom. The number of fused-ring (bicyclic) bond motifs is 1. The lowest BCUT2D eigenvalue weighted by Gasteiger charge is -2.13. The fourth-order valence-corrected chi connectivity index (χ4v) is 4.30. The Balaban J connectivity index is 1.58. The second-order valence-corrected chi connectivity index (χ2v) is 8.12. The van der Waals surface area contributed by atoms with E-state index >= 15 is 0 Å². The zero-order valence-corrected chi connectivity index (χ0v) is 16.1. The highest BCUT2D eigenvalue weighted by Crippen LogP contribution is 2.26. The number of ether oxygens (including phenoxy) is 1. The van der Waals surface area contributed by atoms with E-state index in [1.807, 2.05) is 18.2 Å². The van der Waals surface area contributed by atoms with E-state index in [-0.39, 0.29) is 12.0 Å². The van der Waals surface area contributed by atoms with Gasteiger partial charge in [-0.3, -0.25) is 4.79 Å². The predicted molar refractivity (Wildman–Crippen MR) is 104 cm³/mol. The Morgan fingerprint density at radius 2 is 2.16 bits per heavy atom. The minimum absolute atomic E-state index is 0.0315. The number of halogens is 1. The molecule has 6 heteroatoms. The Bertz CT molecular complexity index is 879. The number of carbonyl (C=O) groups excluding carboxylic acids is 1. The van der Waals surface area contributed by atoms with Crippen LogP contribution in [0.2, 0.25) is 0 Å². The van der Waals surface area contributed by atoms with Crippen LogP contribution in [0.1, 0.15) is 28.9 Å². The molecule has 0 saturated carbocycles. The summed E-state index contributed by atoms with van der Waals surface area (Å²) in [5.74, 6) is -0.0315. The van der Waals surface area contributed by atoms with E-state index in [0.29, 0.717) is 18.8 Å². The van der Waals surface area contributed by atoms with Crippen molar-refractivity contribution in [2.45, 2.75) is 25.5 Å². The van der Waals surface area contributed by atoms with Gasteiger partial charge in [-0.1, -0.05) is 28.1 Å². The summed E-state index contributed by atoms with van der Waals surface area (Å²) in [7, 11) is 0. The molecule has 3 heterocycles. The second-order valence-electron chi connectivity index (χ2n) is 6.26. The molecule has 130 valence electrons. The number of hydrogen-bond acceptors (Lipinski definition) is 3. The molecular weight excluding hydrogens is 400 g/mol. The first-order valence-electron chi connectivity index (χ1n) is 8.42. The van der Waals surface area contributed by atoms with Crippen LogP contribution in [0.4, 0.5) is 0 Å². The maximum atomic E-state index is 12.7. The van der Waals surface area contributed by atoms with Gasteiger partial charge in [0.15, 0.2) is 0 Å². The first kappa shape index (κ1) is 16.8. The zero-order valence-electron chi connectivity index (χ0n) is 13.7. The number of amides is 1. The molecule has 0 aliphatic carbocycles. The van der Waals surface area contributed by atoms with Crippen LogP contribution in [0.15, 0.2) is 46.3 Å². The minimum atomic E-state index is -0.0315. The predicted octanol–water partition coefficient (Wildman–Crippen LogP) is 4.42. The molecule has 1 aliphatic rings. The molecule has 4 nitrogen and oxygen atoms in total. The van der Waals surface area contributed by atoms with Crippen molar-refractivity contribution in [2.75, 3.05) is 13.2 Å². The summed E-state index contributed by atoms with van der Waals surface area (Å²) in [6.07, 6.45) is 2.26. The number of thiophene rings is 1. The molecule has 1 saturated heterocycles. The number of carbonyl (C=O) groups is 1. The molecule has 4 rings (SSSR count). The second kappa shape index (κ2) is 7.32. The SMILES string of the molecule is O=C(NCC1CCCO1)c1cc2sccc2n1Cc1ccc(Br)cc1. The van der Waals surface area contributed by atoms with Gasteiger partial charge in [0.2, 0.25) is 0 Å². The van der Waals surface area contributed by atoms with Gasteiger partial charge in [0, 0.05) is 24.2 Å². The van der Waals surface area contributed by atoms with Crippen molar-refractivity contribution < 1.29 is 9.53 Å². The quantitative estimate of drug-likeness (QED) is 0.665. The van der Waals surface area contributed by atoms with Gasteiger partial charge in [0.1, 0.15) is 5.69 Å². The zero-order chi connectivity index (χ0) is 17.2. The van der Waals surface area contributed by atoms with Crippen LogP contribution in [-0.4, -0.2) is 29.7 Å². The number of aromatic nitrogens is 1. The van der Waals surface area contributed by atoms with Crippen molar-refractivity contribution >= 4 is 43.4 Å². The summed E-state index contributed by atoms with van der Waals surface area (Å²) in [5.41, 5.74) is 2.98. The molecule has 25 heavy (non-hydrogen) atoms. The molecule has 0 radical (unpaired) electrons. The molecule has 1 atom stereocenters. The maximum absolute atomic E-state index is 12.7. The van der Waals surface area contributed by atoms with Crippen molar-refractivity contribution in [1.29, 1.82) is 0 Å². The van der Waals surface area contributed by atoms with E-state index in [9.17, 15) is 4.79 Å². The normalized spacial score (nSPS) is 17.2. The highest BCUT2D eigenvalue weighted by molar-refractivity contribution is 9.10. The van der Waals surface area contributed by atoms with Crippen molar-refractivity contribution in [3.05, 3.63) is 57.5 Å². The molecule has 1 N–H and O–H groups in total. The summed E-state index contributed by atoms with van der Waals surface area (Å²) >= 11 is 5.13. The van der Waals surface area contributed by atoms with Crippen LogP contribution >= 0.6 is 27.3 Å². The third-order valence-electron chi connectivity index (χ3n) is 4.52. The number of benzene rings is 1. The van der Waals surface area contributed by atoms with Gasteiger partial charge in [-0.25, -0.2) is 0 Å². The number of nitrogens with one attached hydrogen (secondary N) is 1. The molecule has 2 aromatic heterocycles. The summed E-state index contributed by atoms with van der Waals surface area (Å²) < 4.78 is 9.89. The van der Waals surface area contributed by atoms with Gasteiger partial charge in [-0.2, -0.15) is 0 Å². The van der Waals surface area contributed by atoms with Crippen molar-refractivity contribution in [3.63, 3.8) is 0 Å². The van der Waals surface area contributed by atoms with Crippen LogP contribution < -0.4 is 5.32 Å². The first-order chi connectivity index (χ1) is 12.2. The average molecular weight is 419 g/mol. The van der Waals surface area contributed by atoms with E-state index in [2.05, 4.69) is 49.4 Å². The van der Waals surface area contributed by atoms with Crippen molar-refractivity contribution in [1.82, 2.24) is 9.88 Å². The summed E-state index contributed by atoms with van der Waals surface area (Å²) in [5, 5.41) is 5.11. The van der Waals surface area contributed by atoms with E-state index < -0.39 is 0 Å². The topological polar surface area (TPSA) is 43.3 Å². The molecule has 3 aromatic rings. The summed E-state index contributed by atoms with van der Waals surface area (Å²) in [6, 6.07) is 12.3. The van der Waals surface area contributed by atoms with E-state index in [0.717, 1.165) is 34.1 Å². The lowest BCUT2D eigenvalue weighted by Crippen LogP contribution is -2.33. The highest BCUT2D eigenvalue weighted by atomic mass is 79.9. The Kier molecular flexibility index (Phi) is 4.92. The third kappa shape index (κ3) is 3.66. The van der Waals surface area contributed by atoms with Crippen LogP contribution in [-0.2, 0) is 11.3 Å². The van der Waals surface area contributed by atoms with Crippen LogP contribution in [0, 0.1) is 0 Å². The van der Waals surface area contributed by atoms with E-state index in [1.54, 1.807) is 11.3 Å². The molecule has 0 bridgehead atoms. The van der Waals surface area contributed by atoms with Crippen LogP contribution in [0.25, 0.3) is 10.2 Å². The fraction of sp³-hybridized carbons (Fsp3) is 0.316. The summed E-state index contributed by atoms with van der Waals surface area (Å²) in [4.78, 5) is 12.7. The first-order valence-corrected chi connectivity index (χ1v) is 10.1. The fourth-order valence-electron chi connectivity index (χ4n) is 3.21. The Morgan fingerprint density at radius 3 is 2.92 bits per heavy atom. The molecule has 0 spiro atoms. The number of hydrogen-bond donors (Lipinski definition) is 1. The van der Waals surface area contributed by atoms with E-state index in [4.69, 9.17) is 4.74 Å². The molecule has 1 amide bonds. The highest BCUT2D eigenvalue weighted by Gasteiger charge is 2.20. The van der Waals surface area contributed by atoms with Gasteiger partial charge in [0.05, 0.1) is 16.3 Å². The molecule has 1 fully saturated rings. The number of nitrogens with zero attached hydrogens (tertiary/aromatic N) is 1. The maximum Gasteiger partial charge on any atom is 0.268 e. The summed E-state index contributed by atoms with van der Waals surface area (Å²) in [6.45, 7) is 2.06. The van der Waals surface area contributed by atoms with E-state index in [1.165, 1.54) is 5.56 Å². The smallest absolute Gasteiger partial charge is 0.268 e. The minimum Gasteiger partial charge on any atom is -0.376 e. The van der Waals surface area contributed by atoms with Gasteiger partial charge < -0.3 is 14.6 Å². The Labute approximate surface area is 158 Å². The molecular formula is C19H19BrN2O2S. The van der Waals surface area contributed by atoms with Crippen molar-refractivity contribution in [3.8, 4) is 0 Å². The lowest BCUT2D eigenvalue weighted by molar-refractivity contribution is 0.0851. The molecule has 1 aliphatic heterocycles. The lowest BCUT2D eigenvalue weighted by atomic mass is 10.2. The monoisotopic (exact) mass is 418 g/mol. The van der Waals surface area contributed by atoms with Gasteiger partial charge in [0.25, 0.3) is 5.91 Å². The van der Waals surface area contributed by atoms with Gasteiger partial charge in [-0.05, 0) is 48.1 Å². The van der Waals surface area contributed by atoms with Crippen LogP contribution in [0.3, 0.4) is 0 Å². The van der Waals surface area contributed by atoms with Gasteiger partial charge >= 0.3 is 0 Å².